The highest BCUT2D eigenvalue weighted by molar-refractivity contribution is 9.10. The summed E-state index contributed by atoms with van der Waals surface area (Å²) < 4.78 is 19.7. The van der Waals surface area contributed by atoms with Gasteiger partial charge in [-0.05, 0) is 37.5 Å². The molecule has 0 spiro atoms. The van der Waals surface area contributed by atoms with Crippen molar-refractivity contribution in [3.8, 4) is 0 Å². The molecular formula is C13H15BrFNO2. The molecule has 1 aromatic rings. The van der Waals surface area contributed by atoms with Crippen LogP contribution in [0.15, 0.2) is 22.7 Å². The van der Waals surface area contributed by atoms with Gasteiger partial charge in [-0.1, -0.05) is 15.9 Å². The summed E-state index contributed by atoms with van der Waals surface area (Å²) in [5.74, 6) is -0.916. The lowest BCUT2D eigenvalue weighted by atomic mass is 10.1. The fraction of sp³-hybridized carbons (Fsp3) is 0.462. The Hall–Kier alpha value is -0.940. The number of carbonyl (C=O) groups is 1. The highest BCUT2D eigenvalue weighted by Crippen LogP contribution is 2.16. The highest BCUT2D eigenvalue weighted by atomic mass is 79.9. The SMILES string of the molecule is O=C(NCC1CCCCO1)c1ccc(Br)cc1F. The van der Waals surface area contributed by atoms with Gasteiger partial charge in [-0.2, -0.15) is 0 Å². The number of ether oxygens (including phenoxy) is 1. The average Bonchev–Trinajstić information content (AvgIpc) is 2.37. The number of benzene rings is 1. The van der Waals surface area contributed by atoms with E-state index in [1.807, 2.05) is 0 Å². The number of amides is 1. The Morgan fingerprint density at radius 3 is 3.00 bits per heavy atom. The monoisotopic (exact) mass is 315 g/mol. The van der Waals surface area contributed by atoms with Crippen LogP contribution >= 0.6 is 15.9 Å². The Morgan fingerprint density at radius 1 is 1.50 bits per heavy atom. The van der Waals surface area contributed by atoms with Gasteiger partial charge in [0.15, 0.2) is 0 Å². The largest absolute Gasteiger partial charge is 0.376 e. The summed E-state index contributed by atoms with van der Waals surface area (Å²) in [6, 6.07) is 4.40. The molecule has 1 N–H and O–H groups in total. The second kappa shape index (κ2) is 6.29. The van der Waals surface area contributed by atoms with Gasteiger partial charge in [-0.25, -0.2) is 4.39 Å². The van der Waals surface area contributed by atoms with Gasteiger partial charge >= 0.3 is 0 Å². The summed E-state index contributed by atoms with van der Waals surface area (Å²) in [5, 5.41) is 2.71. The van der Waals surface area contributed by atoms with Gasteiger partial charge in [0.2, 0.25) is 0 Å². The quantitative estimate of drug-likeness (QED) is 0.931. The summed E-state index contributed by atoms with van der Waals surface area (Å²) in [6.45, 7) is 1.18. The maximum Gasteiger partial charge on any atom is 0.254 e. The summed E-state index contributed by atoms with van der Waals surface area (Å²) in [5.41, 5.74) is 0.0639. The molecule has 1 aliphatic heterocycles. The van der Waals surface area contributed by atoms with Crippen LogP contribution in [0.2, 0.25) is 0 Å². The van der Waals surface area contributed by atoms with E-state index in [1.54, 1.807) is 6.07 Å². The maximum absolute atomic E-state index is 13.5. The molecular weight excluding hydrogens is 301 g/mol. The first-order valence-electron chi connectivity index (χ1n) is 6.01. The van der Waals surface area contributed by atoms with Crippen molar-refractivity contribution in [1.29, 1.82) is 0 Å². The van der Waals surface area contributed by atoms with Gasteiger partial charge in [-0.15, -0.1) is 0 Å². The zero-order valence-corrected chi connectivity index (χ0v) is 11.5. The van der Waals surface area contributed by atoms with E-state index >= 15 is 0 Å². The van der Waals surface area contributed by atoms with E-state index in [0.717, 1.165) is 25.9 Å². The molecule has 1 amide bonds. The molecule has 1 aliphatic rings. The van der Waals surface area contributed by atoms with Crippen LogP contribution in [0.5, 0.6) is 0 Å². The molecule has 0 radical (unpaired) electrons. The number of nitrogens with one attached hydrogen (secondary N) is 1. The van der Waals surface area contributed by atoms with Crippen LogP contribution in [-0.4, -0.2) is 25.2 Å². The highest BCUT2D eigenvalue weighted by Gasteiger charge is 2.17. The lowest BCUT2D eigenvalue weighted by Crippen LogP contribution is -2.35. The number of hydrogen-bond acceptors (Lipinski definition) is 2. The smallest absolute Gasteiger partial charge is 0.254 e. The van der Waals surface area contributed by atoms with Crippen molar-refractivity contribution in [2.75, 3.05) is 13.2 Å². The van der Waals surface area contributed by atoms with Crippen LogP contribution in [-0.2, 0) is 4.74 Å². The molecule has 3 nitrogen and oxygen atoms in total. The Bertz CT molecular complexity index is 433. The van der Waals surface area contributed by atoms with E-state index in [2.05, 4.69) is 21.2 Å². The molecule has 2 rings (SSSR count). The summed E-state index contributed by atoms with van der Waals surface area (Å²) >= 11 is 3.16. The Labute approximate surface area is 114 Å². The van der Waals surface area contributed by atoms with Crippen LogP contribution in [0.25, 0.3) is 0 Å². The van der Waals surface area contributed by atoms with E-state index in [1.165, 1.54) is 12.1 Å². The minimum absolute atomic E-state index is 0.0567. The topological polar surface area (TPSA) is 38.3 Å². The Balaban J connectivity index is 1.90. The van der Waals surface area contributed by atoms with Crippen molar-refractivity contribution < 1.29 is 13.9 Å². The summed E-state index contributed by atoms with van der Waals surface area (Å²) in [7, 11) is 0. The van der Waals surface area contributed by atoms with Gasteiger partial charge in [-0.3, -0.25) is 4.79 Å². The molecule has 0 bridgehead atoms. The van der Waals surface area contributed by atoms with E-state index < -0.39 is 11.7 Å². The zero-order chi connectivity index (χ0) is 13.0. The molecule has 5 heteroatoms. The fourth-order valence-electron chi connectivity index (χ4n) is 1.94. The molecule has 1 aromatic carbocycles. The molecule has 1 heterocycles. The molecule has 18 heavy (non-hydrogen) atoms. The molecule has 1 fully saturated rings. The van der Waals surface area contributed by atoms with Crippen LogP contribution in [0, 0.1) is 5.82 Å². The van der Waals surface area contributed by atoms with E-state index in [4.69, 9.17) is 4.74 Å². The first-order valence-corrected chi connectivity index (χ1v) is 6.81. The van der Waals surface area contributed by atoms with E-state index in [-0.39, 0.29) is 11.7 Å². The van der Waals surface area contributed by atoms with Crippen molar-refractivity contribution in [3.63, 3.8) is 0 Å². The molecule has 1 atom stereocenters. The van der Waals surface area contributed by atoms with Crippen molar-refractivity contribution in [2.45, 2.75) is 25.4 Å². The fourth-order valence-corrected chi connectivity index (χ4v) is 2.28. The third kappa shape index (κ3) is 3.53. The van der Waals surface area contributed by atoms with Crippen molar-refractivity contribution >= 4 is 21.8 Å². The zero-order valence-electron chi connectivity index (χ0n) is 9.92. The van der Waals surface area contributed by atoms with Crippen LogP contribution in [0.3, 0.4) is 0 Å². The molecule has 0 saturated carbocycles. The summed E-state index contributed by atoms with van der Waals surface area (Å²) in [4.78, 5) is 11.8. The van der Waals surface area contributed by atoms with Gasteiger partial charge in [0.25, 0.3) is 5.91 Å². The lowest BCUT2D eigenvalue weighted by molar-refractivity contribution is 0.0168. The Morgan fingerprint density at radius 2 is 2.33 bits per heavy atom. The van der Waals surface area contributed by atoms with E-state index in [0.29, 0.717) is 11.0 Å². The second-order valence-corrected chi connectivity index (χ2v) is 5.24. The lowest BCUT2D eigenvalue weighted by Gasteiger charge is -2.22. The van der Waals surface area contributed by atoms with Crippen LogP contribution in [0.4, 0.5) is 4.39 Å². The normalized spacial score (nSPS) is 19.6. The molecule has 1 unspecified atom stereocenters. The average molecular weight is 316 g/mol. The first-order chi connectivity index (χ1) is 8.66. The number of hydrogen-bond donors (Lipinski definition) is 1. The minimum atomic E-state index is -0.522. The number of rotatable bonds is 3. The van der Waals surface area contributed by atoms with Gasteiger partial charge in [0, 0.05) is 17.6 Å². The first kappa shape index (κ1) is 13.5. The third-order valence-electron chi connectivity index (χ3n) is 2.94. The molecule has 0 aliphatic carbocycles. The summed E-state index contributed by atoms with van der Waals surface area (Å²) in [6.07, 6.45) is 3.20. The predicted molar refractivity (Wildman–Crippen MR) is 70.0 cm³/mol. The van der Waals surface area contributed by atoms with Gasteiger partial charge in [0.05, 0.1) is 11.7 Å². The Kier molecular flexibility index (Phi) is 4.72. The van der Waals surface area contributed by atoms with Crippen LogP contribution < -0.4 is 5.32 Å². The number of halogens is 2. The standard InChI is InChI=1S/C13H15BrFNO2/c14-9-4-5-11(12(15)7-9)13(17)16-8-10-3-1-2-6-18-10/h4-5,7,10H,1-3,6,8H2,(H,16,17). The van der Waals surface area contributed by atoms with Gasteiger partial charge < -0.3 is 10.1 Å². The number of carbonyl (C=O) groups excluding carboxylic acids is 1. The molecule has 0 aromatic heterocycles. The third-order valence-corrected chi connectivity index (χ3v) is 3.43. The molecule has 98 valence electrons. The van der Waals surface area contributed by atoms with Crippen LogP contribution in [0.1, 0.15) is 29.6 Å². The predicted octanol–water partition coefficient (Wildman–Crippen LogP) is 2.89. The van der Waals surface area contributed by atoms with Gasteiger partial charge in [0.1, 0.15) is 5.82 Å². The van der Waals surface area contributed by atoms with Crippen molar-refractivity contribution in [1.82, 2.24) is 5.32 Å². The minimum Gasteiger partial charge on any atom is -0.376 e. The van der Waals surface area contributed by atoms with Crippen molar-refractivity contribution in [2.24, 2.45) is 0 Å². The molecule has 1 saturated heterocycles. The second-order valence-electron chi connectivity index (χ2n) is 4.32. The maximum atomic E-state index is 13.5. The van der Waals surface area contributed by atoms with Crippen molar-refractivity contribution in [3.05, 3.63) is 34.1 Å². The van der Waals surface area contributed by atoms with E-state index in [9.17, 15) is 9.18 Å².